The Bertz CT molecular complexity index is 169. The fourth-order valence-electron chi connectivity index (χ4n) is 0.975. The predicted octanol–water partition coefficient (Wildman–Crippen LogP) is 2.84. The molecule has 0 aromatic heterocycles. The predicted molar refractivity (Wildman–Crippen MR) is 50.1 cm³/mol. The van der Waals surface area contributed by atoms with Crippen LogP contribution >= 0.6 is 0 Å². The van der Waals surface area contributed by atoms with Gasteiger partial charge in [-0.3, -0.25) is 4.79 Å². The highest BCUT2D eigenvalue weighted by Gasteiger charge is 2.02. The number of carbonyl (C=O) groups is 1. The van der Waals surface area contributed by atoms with E-state index in [0.717, 1.165) is 6.42 Å². The Labute approximate surface area is 74.3 Å². The summed E-state index contributed by atoms with van der Waals surface area (Å²) in [6.07, 6.45) is 3.35. The van der Waals surface area contributed by atoms with Gasteiger partial charge in [0.05, 0.1) is 5.76 Å². The van der Waals surface area contributed by atoms with Crippen LogP contribution in [0.4, 0.5) is 0 Å². The van der Waals surface area contributed by atoms with Gasteiger partial charge in [-0.05, 0) is 12.3 Å². The summed E-state index contributed by atoms with van der Waals surface area (Å²) in [5.74, 6) is 0.599. The molecule has 1 N–H and O–H groups in total. The highest BCUT2D eigenvalue weighted by atomic mass is 16.3. The fraction of sp³-hybridized carbons (Fsp3) is 0.700. The topological polar surface area (TPSA) is 37.3 Å². The normalized spacial score (nSPS) is 12.2. The largest absolute Gasteiger partial charge is 0.512 e. The summed E-state index contributed by atoms with van der Waals surface area (Å²) in [6, 6.07) is 0. The number of hydrogen-bond donors (Lipinski definition) is 1. The molecule has 0 radical (unpaired) electrons. The van der Waals surface area contributed by atoms with Gasteiger partial charge in [-0.1, -0.05) is 20.8 Å². The van der Waals surface area contributed by atoms with Crippen LogP contribution in [0.3, 0.4) is 0 Å². The van der Waals surface area contributed by atoms with E-state index < -0.39 is 0 Å². The molecule has 0 fully saturated rings. The van der Waals surface area contributed by atoms with Crippen molar-refractivity contribution in [3.63, 3.8) is 0 Å². The molecule has 2 nitrogen and oxygen atoms in total. The fourth-order valence-corrected chi connectivity index (χ4v) is 0.975. The first kappa shape index (κ1) is 11.2. The number of aliphatic hydroxyl groups excluding tert-OH is 1. The SMILES string of the molecule is CCC/C(O)=C/C(=O)CC(C)C. The Hall–Kier alpha value is -0.790. The molecule has 0 aromatic rings. The zero-order valence-electron chi connectivity index (χ0n) is 8.13. The lowest BCUT2D eigenvalue weighted by molar-refractivity contribution is -0.115. The van der Waals surface area contributed by atoms with Crippen molar-refractivity contribution in [2.45, 2.75) is 40.0 Å². The molecule has 12 heavy (non-hydrogen) atoms. The molecule has 0 saturated heterocycles. The lowest BCUT2D eigenvalue weighted by Gasteiger charge is -2.00. The third-order valence-corrected chi connectivity index (χ3v) is 1.44. The van der Waals surface area contributed by atoms with E-state index in [1.807, 2.05) is 20.8 Å². The van der Waals surface area contributed by atoms with Crippen LogP contribution in [0.1, 0.15) is 40.0 Å². The molecule has 0 atom stereocenters. The highest BCUT2D eigenvalue weighted by Crippen LogP contribution is 2.05. The third-order valence-electron chi connectivity index (χ3n) is 1.44. The van der Waals surface area contributed by atoms with Crippen LogP contribution in [0.2, 0.25) is 0 Å². The lowest BCUT2D eigenvalue weighted by Crippen LogP contribution is -2.00. The van der Waals surface area contributed by atoms with E-state index in [4.69, 9.17) is 0 Å². The van der Waals surface area contributed by atoms with Crippen molar-refractivity contribution in [1.29, 1.82) is 0 Å². The number of allylic oxidation sites excluding steroid dienone is 2. The van der Waals surface area contributed by atoms with Crippen molar-refractivity contribution in [3.8, 4) is 0 Å². The molecule has 0 aliphatic heterocycles. The van der Waals surface area contributed by atoms with Crippen molar-refractivity contribution in [2.24, 2.45) is 5.92 Å². The Balaban J connectivity index is 3.88. The van der Waals surface area contributed by atoms with E-state index in [1.165, 1.54) is 6.08 Å². The molecule has 0 amide bonds. The molecular weight excluding hydrogens is 152 g/mol. The molecule has 0 unspecified atom stereocenters. The smallest absolute Gasteiger partial charge is 0.159 e. The summed E-state index contributed by atoms with van der Waals surface area (Å²) >= 11 is 0. The molecule has 0 heterocycles. The summed E-state index contributed by atoms with van der Waals surface area (Å²) < 4.78 is 0. The number of carbonyl (C=O) groups excluding carboxylic acids is 1. The van der Waals surface area contributed by atoms with Crippen molar-refractivity contribution < 1.29 is 9.90 Å². The number of ketones is 1. The minimum absolute atomic E-state index is 0.0240. The maximum atomic E-state index is 11.1. The molecule has 0 saturated carbocycles. The van der Waals surface area contributed by atoms with Gasteiger partial charge in [0.2, 0.25) is 0 Å². The molecule has 0 aliphatic rings. The van der Waals surface area contributed by atoms with Crippen molar-refractivity contribution in [2.75, 3.05) is 0 Å². The molecule has 70 valence electrons. The monoisotopic (exact) mass is 170 g/mol. The minimum atomic E-state index is 0.0240. The van der Waals surface area contributed by atoms with Crippen LogP contribution in [0.15, 0.2) is 11.8 Å². The van der Waals surface area contributed by atoms with E-state index in [-0.39, 0.29) is 11.5 Å². The van der Waals surface area contributed by atoms with Crippen LogP contribution in [0, 0.1) is 5.92 Å². The Kier molecular flexibility index (Phi) is 5.43. The Morgan fingerprint density at radius 2 is 2.08 bits per heavy atom. The van der Waals surface area contributed by atoms with Crippen LogP contribution in [-0.2, 0) is 4.79 Å². The molecule has 0 spiro atoms. The van der Waals surface area contributed by atoms with Crippen molar-refractivity contribution in [3.05, 3.63) is 11.8 Å². The van der Waals surface area contributed by atoms with E-state index in [9.17, 15) is 9.90 Å². The minimum Gasteiger partial charge on any atom is -0.512 e. The molecule has 0 bridgehead atoms. The summed E-state index contributed by atoms with van der Waals surface area (Å²) in [5.41, 5.74) is 0. The van der Waals surface area contributed by atoms with Crippen LogP contribution in [0.25, 0.3) is 0 Å². The van der Waals surface area contributed by atoms with E-state index in [2.05, 4.69) is 0 Å². The molecular formula is C10H18O2. The van der Waals surface area contributed by atoms with Crippen LogP contribution in [0.5, 0.6) is 0 Å². The van der Waals surface area contributed by atoms with Crippen molar-refractivity contribution in [1.82, 2.24) is 0 Å². The summed E-state index contributed by atoms with van der Waals surface area (Å²) in [4.78, 5) is 11.1. The average Bonchev–Trinajstić information content (AvgIpc) is 1.84. The second kappa shape index (κ2) is 5.81. The maximum Gasteiger partial charge on any atom is 0.159 e. The second-order valence-corrected chi connectivity index (χ2v) is 3.45. The quantitative estimate of drug-likeness (QED) is 0.509. The Morgan fingerprint density at radius 3 is 2.50 bits per heavy atom. The van der Waals surface area contributed by atoms with E-state index in [0.29, 0.717) is 18.8 Å². The molecule has 0 rings (SSSR count). The van der Waals surface area contributed by atoms with Crippen LogP contribution < -0.4 is 0 Å². The zero-order chi connectivity index (χ0) is 9.56. The van der Waals surface area contributed by atoms with Gasteiger partial charge in [-0.2, -0.15) is 0 Å². The summed E-state index contributed by atoms with van der Waals surface area (Å²) in [6.45, 7) is 5.95. The van der Waals surface area contributed by atoms with Gasteiger partial charge in [0.25, 0.3) is 0 Å². The summed E-state index contributed by atoms with van der Waals surface area (Å²) in [7, 11) is 0. The van der Waals surface area contributed by atoms with Crippen LogP contribution in [-0.4, -0.2) is 10.9 Å². The van der Waals surface area contributed by atoms with Crippen molar-refractivity contribution >= 4 is 5.78 Å². The Morgan fingerprint density at radius 1 is 1.50 bits per heavy atom. The maximum absolute atomic E-state index is 11.1. The van der Waals surface area contributed by atoms with E-state index >= 15 is 0 Å². The molecule has 2 heteroatoms. The van der Waals surface area contributed by atoms with E-state index in [1.54, 1.807) is 0 Å². The highest BCUT2D eigenvalue weighted by molar-refractivity contribution is 5.90. The second-order valence-electron chi connectivity index (χ2n) is 3.45. The van der Waals surface area contributed by atoms with Gasteiger partial charge in [-0.25, -0.2) is 0 Å². The first-order valence-electron chi connectivity index (χ1n) is 4.48. The molecule has 0 aliphatic carbocycles. The number of hydrogen-bond acceptors (Lipinski definition) is 2. The standard InChI is InChI=1S/C10H18O2/c1-4-5-9(11)7-10(12)6-8(2)3/h7-8,11H,4-6H2,1-3H3/b9-7-. The first-order valence-corrected chi connectivity index (χ1v) is 4.48. The summed E-state index contributed by atoms with van der Waals surface area (Å²) in [5, 5.41) is 9.17. The van der Waals surface area contributed by atoms with Gasteiger partial charge >= 0.3 is 0 Å². The molecule has 0 aromatic carbocycles. The lowest BCUT2D eigenvalue weighted by atomic mass is 10.1. The van der Waals surface area contributed by atoms with Gasteiger partial charge < -0.3 is 5.11 Å². The van der Waals surface area contributed by atoms with Gasteiger partial charge in [-0.15, -0.1) is 0 Å². The van der Waals surface area contributed by atoms with Gasteiger partial charge in [0.15, 0.2) is 5.78 Å². The third kappa shape index (κ3) is 5.96. The number of rotatable bonds is 5. The van der Waals surface area contributed by atoms with Gasteiger partial charge in [0.1, 0.15) is 0 Å². The first-order chi connectivity index (χ1) is 5.56. The van der Waals surface area contributed by atoms with Gasteiger partial charge in [0, 0.05) is 18.9 Å². The average molecular weight is 170 g/mol. The zero-order valence-corrected chi connectivity index (χ0v) is 8.13. The number of aliphatic hydroxyl groups is 1.